The lowest BCUT2D eigenvalue weighted by Crippen LogP contribution is -1.92. The predicted molar refractivity (Wildman–Crippen MR) is 54.3 cm³/mol. The first-order chi connectivity index (χ1) is 5.66. The molecule has 0 heterocycles. The van der Waals surface area contributed by atoms with Crippen LogP contribution < -0.4 is 0 Å². The maximum Gasteiger partial charge on any atom is 0.253 e. The van der Waals surface area contributed by atoms with E-state index < -0.39 is 5.24 Å². The van der Waals surface area contributed by atoms with E-state index >= 15 is 0 Å². The summed E-state index contributed by atoms with van der Waals surface area (Å²) in [5, 5.41) is -0.142. The van der Waals surface area contributed by atoms with Crippen molar-refractivity contribution in [1.29, 1.82) is 0 Å². The van der Waals surface area contributed by atoms with Crippen molar-refractivity contribution in [1.82, 2.24) is 0 Å². The fourth-order valence-corrected chi connectivity index (χ4v) is 1.69. The van der Waals surface area contributed by atoms with Crippen LogP contribution in [0.15, 0.2) is 18.2 Å². The van der Waals surface area contributed by atoms with Gasteiger partial charge < -0.3 is 0 Å². The van der Waals surface area contributed by atoms with E-state index in [4.69, 9.17) is 23.2 Å². The van der Waals surface area contributed by atoms with Gasteiger partial charge in [-0.15, -0.1) is 0 Å². The number of hydrogen-bond acceptors (Lipinski definition) is 2. The second-order valence-electron chi connectivity index (χ2n) is 2.21. The molecular weight excluding hydrogens is 215 g/mol. The first kappa shape index (κ1) is 9.90. The van der Waals surface area contributed by atoms with Crippen LogP contribution in [0.5, 0.6) is 0 Å². The van der Waals surface area contributed by atoms with Gasteiger partial charge in [-0.25, -0.2) is 0 Å². The third-order valence-corrected chi connectivity index (χ3v) is 2.45. The van der Waals surface area contributed by atoms with Crippen molar-refractivity contribution in [2.24, 2.45) is 0 Å². The van der Waals surface area contributed by atoms with E-state index in [0.29, 0.717) is 16.3 Å². The number of rotatable bonds is 2. The second kappa shape index (κ2) is 4.17. The molecule has 4 heteroatoms. The summed E-state index contributed by atoms with van der Waals surface area (Å²) in [4.78, 5) is 10.8. The monoisotopic (exact) mass is 220 g/mol. The molecule has 0 amide bonds. The molecule has 0 saturated heterocycles. The molecule has 1 nitrogen and oxygen atoms in total. The van der Waals surface area contributed by atoms with Crippen molar-refractivity contribution >= 4 is 41.1 Å². The summed E-state index contributed by atoms with van der Waals surface area (Å²) in [5.74, 6) is 0.497. The van der Waals surface area contributed by atoms with Gasteiger partial charge in [-0.1, -0.05) is 23.7 Å². The Kier molecular flexibility index (Phi) is 3.44. The highest BCUT2D eigenvalue weighted by Crippen LogP contribution is 2.23. The number of thiol groups is 1. The molecular formula is C8H6Cl2OS. The van der Waals surface area contributed by atoms with Gasteiger partial charge in [0.15, 0.2) is 0 Å². The van der Waals surface area contributed by atoms with Gasteiger partial charge in [-0.05, 0) is 23.2 Å². The molecule has 0 atom stereocenters. The zero-order valence-electron chi connectivity index (χ0n) is 6.05. The third-order valence-electron chi connectivity index (χ3n) is 1.46. The molecule has 0 bridgehead atoms. The molecule has 0 radical (unpaired) electrons. The van der Waals surface area contributed by atoms with Crippen LogP contribution >= 0.6 is 35.8 Å². The molecule has 0 aromatic heterocycles. The molecule has 0 aliphatic carbocycles. The largest absolute Gasteiger partial charge is 0.276 e. The molecule has 0 aliphatic heterocycles. The van der Waals surface area contributed by atoms with Gasteiger partial charge in [0.1, 0.15) is 0 Å². The van der Waals surface area contributed by atoms with Gasteiger partial charge in [0.2, 0.25) is 0 Å². The summed E-state index contributed by atoms with van der Waals surface area (Å²) in [6.07, 6.45) is 0. The van der Waals surface area contributed by atoms with Crippen LogP contribution in [0.1, 0.15) is 15.9 Å². The Balaban J connectivity index is 3.23. The van der Waals surface area contributed by atoms with Crippen LogP contribution in [0.4, 0.5) is 0 Å². The molecule has 0 saturated carbocycles. The van der Waals surface area contributed by atoms with E-state index in [-0.39, 0.29) is 0 Å². The molecule has 0 N–H and O–H groups in total. The Morgan fingerprint density at radius 3 is 2.67 bits per heavy atom. The van der Waals surface area contributed by atoms with Crippen LogP contribution in [0.3, 0.4) is 0 Å². The summed E-state index contributed by atoms with van der Waals surface area (Å²) in [6, 6.07) is 5.12. The average Bonchev–Trinajstić information content (AvgIpc) is 2.04. The Morgan fingerprint density at radius 1 is 1.50 bits per heavy atom. The Morgan fingerprint density at radius 2 is 2.17 bits per heavy atom. The summed E-state index contributed by atoms with van der Waals surface area (Å²) < 4.78 is 0. The molecule has 0 aliphatic rings. The minimum Gasteiger partial charge on any atom is -0.276 e. The van der Waals surface area contributed by atoms with Crippen molar-refractivity contribution in [3.63, 3.8) is 0 Å². The smallest absolute Gasteiger partial charge is 0.253 e. The topological polar surface area (TPSA) is 17.1 Å². The quantitative estimate of drug-likeness (QED) is 0.599. The van der Waals surface area contributed by atoms with Gasteiger partial charge in [-0.3, -0.25) is 4.79 Å². The summed E-state index contributed by atoms with van der Waals surface area (Å²) in [7, 11) is 0. The fraction of sp³-hybridized carbons (Fsp3) is 0.125. The molecule has 1 rings (SSSR count). The standard InChI is InChI=1S/C8H6Cl2OS/c9-7-5(4-12)2-1-3-6(7)8(10)11/h1-3,12H,4H2. The predicted octanol–water partition coefficient (Wildman–Crippen LogP) is 3.15. The highest BCUT2D eigenvalue weighted by Gasteiger charge is 2.09. The number of benzene rings is 1. The maximum absolute atomic E-state index is 10.8. The number of halogens is 2. The molecule has 0 unspecified atom stereocenters. The number of carbonyl (C=O) groups is 1. The number of carbonyl (C=O) groups excluding carboxylic acids is 1. The van der Waals surface area contributed by atoms with E-state index in [2.05, 4.69) is 12.6 Å². The van der Waals surface area contributed by atoms with Crippen molar-refractivity contribution in [3.05, 3.63) is 34.3 Å². The minimum atomic E-state index is -0.538. The Bertz CT molecular complexity index is 312. The Labute approximate surface area is 86.1 Å². The van der Waals surface area contributed by atoms with Gasteiger partial charge in [0.05, 0.1) is 10.6 Å². The molecule has 1 aromatic rings. The maximum atomic E-state index is 10.8. The van der Waals surface area contributed by atoms with E-state index in [1.807, 2.05) is 0 Å². The molecule has 12 heavy (non-hydrogen) atoms. The summed E-state index contributed by atoms with van der Waals surface area (Å²) in [5.41, 5.74) is 1.15. The van der Waals surface area contributed by atoms with Crippen molar-refractivity contribution in [3.8, 4) is 0 Å². The van der Waals surface area contributed by atoms with Crippen LogP contribution in [0.25, 0.3) is 0 Å². The van der Waals surface area contributed by atoms with E-state index in [1.54, 1.807) is 18.2 Å². The van der Waals surface area contributed by atoms with Crippen molar-refractivity contribution < 1.29 is 4.79 Å². The first-order valence-electron chi connectivity index (χ1n) is 3.25. The zero-order valence-corrected chi connectivity index (χ0v) is 8.46. The third kappa shape index (κ3) is 1.94. The van der Waals surface area contributed by atoms with Crippen LogP contribution in [-0.4, -0.2) is 5.24 Å². The van der Waals surface area contributed by atoms with Crippen molar-refractivity contribution in [2.45, 2.75) is 5.75 Å². The average molecular weight is 221 g/mol. The van der Waals surface area contributed by atoms with Crippen LogP contribution in [0, 0.1) is 0 Å². The van der Waals surface area contributed by atoms with Gasteiger partial charge in [-0.2, -0.15) is 12.6 Å². The highest BCUT2D eigenvalue weighted by atomic mass is 35.5. The summed E-state index contributed by atoms with van der Waals surface area (Å²) in [6.45, 7) is 0. The fourth-order valence-electron chi connectivity index (χ4n) is 0.854. The lowest BCUT2D eigenvalue weighted by molar-refractivity contribution is 0.108. The molecule has 1 aromatic carbocycles. The Hall–Kier alpha value is -0.180. The van der Waals surface area contributed by atoms with E-state index in [1.165, 1.54) is 0 Å². The van der Waals surface area contributed by atoms with E-state index in [9.17, 15) is 4.79 Å². The molecule has 0 spiro atoms. The van der Waals surface area contributed by atoms with Crippen LogP contribution in [0.2, 0.25) is 5.02 Å². The van der Waals surface area contributed by atoms with Crippen molar-refractivity contribution in [2.75, 3.05) is 0 Å². The molecule has 64 valence electrons. The summed E-state index contributed by atoms with van der Waals surface area (Å²) >= 11 is 15.2. The lowest BCUT2D eigenvalue weighted by Gasteiger charge is -2.02. The minimum absolute atomic E-state index is 0.338. The SMILES string of the molecule is O=C(Cl)c1cccc(CS)c1Cl. The lowest BCUT2D eigenvalue weighted by atomic mass is 10.1. The zero-order chi connectivity index (χ0) is 9.14. The van der Waals surface area contributed by atoms with Gasteiger partial charge in [0, 0.05) is 5.75 Å². The van der Waals surface area contributed by atoms with Crippen LogP contribution in [-0.2, 0) is 5.75 Å². The normalized spacial score (nSPS) is 9.92. The van der Waals surface area contributed by atoms with E-state index in [0.717, 1.165) is 5.56 Å². The first-order valence-corrected chi connectivity index (χ1v) is 4.63. The highest BCUT2D eigenvalue weighted by molar-refractivity contribution is 7.79. The van der Waals surface area contributed by atoms with Gasteiger partial charge >= 0.3 is 0 Å². The molecule has 0 fully saturated rings. The number of hydrogen-bond donors (Lipinski definition) is 1. The second-order valence-corrected chi connectivity index (χ2v) is 3.25. The van der Waals surface area contributed by atoms with Gasteiger partial charge in [0.25, 0.3) is 5.24 Å².